The molecule has 0 amide bonds. The monoisotopic (exact) mass is 387 g/mol. The number of nitrogens with one attached hydrogen (secondary N) is 1. The summed E-state index contributed by atoms with van der Waals surface area (Å²) in [5, 5.41) is 0.972. The molecule has 0 atom stereocenters. The van der Waals surface area contributed by atoms with Crippen molar-refractivity contribution in [3.63, 3.8) is 0 Å². The first-order valence-corrected chi connectivity index (χ1v) is 9.15. The molecule has 0 radical (unpaired) electrons. The average molecular weight is 387 g/mol. The summed E-state index contributed by atoms with van der Waals surface area (Å²) < 4.78 is 16.3. The van der Waals surface area contributed by atoms with Crippen molar-refractivity contribution in [3.8, 4) is 11.1 Å². The molecular formula is C21H18FN7. The molecule has 7 nitrogen and oxygen atoms in total. The van der Waals surface area contributed by atoms with Crippen LogP contribution in [0, 0.1) is 5.82 Å². The van der Waals surface area contributed by atoms with Crippen molar-refractivity contribution in [2.75, 3.05) is 5.73 Å². The largest absolute Gasteiger partial charge is 0.382 e. The second-order valence-electron chi connectivity index (χ2n) is 6.88. The van der Waals surface area contributed by atoms with Crippen LogP contribution in [0.15, 0.2) is 55.1 Å². The Hall–Kier alpha value is -3.78. The Kier molecular flexibility index (Phi) is 3.99. The Balaban J connectivity index is 1.70. The van der Waals surface area contributed by atoms with Gasteiger partial charge in [-0.1, -0.05) is 18.2 Å². The van der Waals surface area contributed by atoms with Crippen LogP contribution in [0.3, 0.4) is 0 Å². The van der Waals surface area contributed by atoms with Crippen LogP contribution in [-0.4, -0.2) is 24.5 Å². The smallest absolute Gasteiger partial charge is 0.165 e. The van der Waals surface area contributed by atoms with Crippen molar-refractivity contribution in [3.05, 3.63) is 72.2 Å². The Morgan fingerprint density at radius 3 is 2.76 bits per heavy atom. The van der Waals surface area contributed by atoms with Crippen LogP contribution in [0.4, 0.5) is 10.2 Å². The SMILES string of the molecule is NCc1cc2cc(-c3ccccc3F)cc(Cn3cnc4c(N)ncnc43)c2[nH]1. The summed E-state index contributed by atoms with van der Waals surface area (Å²) in [6.45, 7) is 0.872. The summed E-state index contributed by atoms with van der Waals surface area (Å²) in [6, 6.07) is 12.7. The van der Waals surface area contributed by atoms with Gasteiger partial charge >= 0.3 is 0 Å². The lowest BCUT2D eigenvalue weighted by atomic mass is 10.00. The van der Waals surface area contributed by atoms with Crippen molar-refractivity contribution >= 4 is 27.9 Å². The van der Waals surface area contributed by atoms with Crippen LogP contribution >= 0.6 is 0 Å². The van der Waals surface area contributed by atoms with Gasteiger partial charge in [0.1, 0.15) is 17.7 Å². The molecule has 0 saturated heterocycles. The lowest BCUT2D eigenvalue weighted by Gasteiger charge is -2.10. The Bertz CT molecular complexity index is 1350. The van der Waals surface area contributed by atoms with Crippen LogP contribution in [0.2, 0.25) is 0 Å². The number of imidazole rings is 1. The maximum atomic E-state index is 14.4. The summed E-state index contributed by atoms with van der Waals surface area (Å²) in [4.78, 5) is 16.0. The molecule has 5 rings (SSSR count). The van der Waals surface area contributed by atoms with Crippen LogP contribution in [0.5, 0.6) is 0 Å². The molecule has 3 heterocycles. The van der Waals surface area contributed by atoms with Gasteiger partial charge in [0.25, 0.3) is 0 Å². The zero-order valence-corrected chi connectivity index (χ0v) is 15.4. The number of nitrogens with zero attached hydrogens (tertiary/aromatic N) is 4. The quantitative estimate of drug-likeness (QED) is 0.438. The van der Waals surface area contributed by atoms with Gasteiger partial charge < -0.3 is 21.0 Å². The van der Waals surface area contributed by atoms with Crippen LogP contribution in [-0.2, 0) is 13.1 Å². The number of nitrogens with two attached hydrogens (primary N) is 2. The van der Waals surface area contributed by atoms with E-state index >= 15 is 0 Å². The number of anilines is 1. The zero-order valence-electron chi connectivity index (χ0n) is 15.4. The van der Waals surface area contributed by atoms with Crippen molar-refractivity contribution in [1.82, 2.24) is 24.5 Å². The van der Waals surface area contributed by atoms with Gasteiger partial charge in [0.2, 0.25) is 0 Å². The van der Waals surface area contributed by atoms with Gasteiger partial charge in [0, 0.05) is 23.2 Å². The fourth-order valence-corrected chi connectivity index (χ4v) is 3.66. The summed E-state index contributed by atoms with van der Waals surface area (Å²) in [5.74, 6) is 0.0743. The number of benzene rings is 2. The summed E-state index contributed by atoms with van der Waals surface area (Å²) in [7, 11) is 0. The number of rotatable bonds is 4. The molecule has 0 unspecified atom stereocenters. The fourth-order valence-electron chi connectivity index (χ4n) is 3.66. The lowest BCUT2D eigenvalue weighted by molar-refractivity contribution is 0.631. The molecule has 5 N–H and O–H groups in total. The van der Waals surface area contributed by atoms with Crippen LogP contribution in [0.25, 0.3) is 33.2 Å². The Morgan fingerprint density at radius 2 is 1.93 bits per heavy atom. The Morgan fingerprint density at radius 1 is 1.07 bits per heavy atom. The highest BCUT2D eigenvalue weighted by molar-refractivity contribution is 5.89. The highest BCUT2D eigenvalue weighted by Crippen LogP contribution is 2.31. The minimum Gasteiger partial charge on any atom is -0.382 e. The van der Waals surface area contributed by atoms with Gasteiger partial charge in [-0.05, 0) is 35.4 Å². The fraction of sp³-hybridized carbons (Fsp3) is 0.0952. The van der Waals surface area contributed by atoms with Crippen LogP contribution < -0.4 is 11.5 Å². The second kappa shape index (κ2) is 6.68. The third-order valence-corrected chi connectivity index (χ3v) is 5.04. The molecule has 5 aromatic rings. The molecule has 0 bridgehead atoms. The summed E-state index contributed by atoms with van der Waals surface area (Å²) in [5.41, 5.74) is 17.1. The number of hydrogen-bond donors (Lipinski definition) is 3. The summed E-state index contributed by atoms with van der Waals surface area (Å²) >= 11 is 0. The number of hydrogen-bond acceptors (Lipinski definition) is 5. The van der Waals surface area contributed by atoms with Crippen molar-refractivity contribution in [2.24, 2.45) is 5.73 Å². The van der Waals surface area contributed by atoms with Gasteiger partial charge in [-0.15, -0.1) is 0 Å². The standard InChI is InChI=1S/C21H18FN7/c22-17-4-2-1-3-16(17)12-5-13-7-15(8-23)28-18(13)14(6-12)9-29-11-27-19-20(24)25-10-26-21(19)29/h1-7,10-11,28H,8-9,23H2,(H2,24,25,26). The molecule has 144 valence electrons. The van der Waals surface area contributed by atoms with E-state index in [-0.39, 0.29) is 5.82 Å². The number of aromatic amines is 1. The van der Waals surface area contributed by atoms with Crippen molar-refractivity contribution < 1.29 is 4.39 Å². The van der Waals surface area contributed by atoms with Crippen molar-refractivity contribution in [2.45, 2.75) is 13.1 Å². The minimum absolute atomic E-state index is 0.263. The maximum absolute atomic E-state index is 14.4. The average Bonchev–Trinajstić information content (AvgIpc) is 3.33. The molecule has 0 saturated carbocycles. The van der Waals surface area contributed by atoms with Crippen molar-refractivity contribution in [1.29, 1.82) is 0 Å². The van der Waals surface area contributed by atoms with E-state index in [1.807, 2.05) is 28.8 Å². The van der Waals surface area contributed by atoms with E-state index in [9.17, 15) is 4.39 Å². The highest BCUT2D eigenvalue weighted by atomic mass is 19.1. The Labute approximate surface area is 165 Å². The minimum atomic E-state index is -0.263. The van der Waals surface area contributed by atoms with Gasteiger partial charge in [-0.2, -0.15) is 0 Å². The summed E-state index contributed by atoms with van der Waals surface area (Å²) in [6.07, 6.45) is 3.10. The normalized spacial score (nSPS) is 11.5. The number of fused-ring (bicyclic) bond motifs is 2. The first-order valence-electron chi connectivity index (χ1n) is 9.15. The second-order valence-corrected chi connectivity index (χ2v) is 6.88. The molecule has 0 aliphatic carbocycles. The van der Waals surface area contributed by atoms with Gasteiger partial charge in [-0.3, -0.25) is 0 Å². The van der Waals surface area contributed by atoms with E-state index in [4.69, 9.17) is 11.5 Å². The van der Waals surface area contributed by atoms with E-state index in [0.29, 0.717) is 35.6 Å². The molecular weight excluding hydrogens is 369 g/mol. The topological polar surface area (TPSA) is 111 Å². The molecule has 0 fully saturated rings. The third kappa shape index (κ3) is 2.90. The van der Waals surface area contributed by atoms with E-state index in [2.05, 4.69) is 19.9 Å². The van der Waals surface area contributed by atoms with Gasteiger partial charge in [0.15, 0.2) is 11.5 Å². The van der Waals surface area contributed by atoms with E-state index < -0.39 is 0 Å². The highest BCUT2D eigenvalue weighted by Gasteiger charge is 2.14. The number of halogens is 1. The number of H-pyrrole nitrogens is 1. The third-order valence-electron chi connectivity index (χ3n) is 5.04. The maximum Gasteiger partial charge on any atom is 0.165 e. The first kappa shape index (κ1) is 17.3. The molecule has 0 spiro atoms. The molecule has 3 aromatic heterocycles. The molecule has 8 heteroatoms. The molecule has 2 aromatic carbocycles. The molecule has 29 heavy (non-hydrogen) atoms. The van der Waals surface area contributed by atoms with E-state index in [0.717, 1.165) is 27.7 Å². The predicted octanol–water partition coefficient (Wildman–Crippen LogP) is 3.20. The lowest BCUT2D eigenvalue weighted by Crippen LogP contribution is -2.02. The van der Waals surface area contributed by atoms with Crippen LogP contribution in [0.1, 0.15) is 11.3 Å². The molecule has 0 aliphatic heterocycles. The first-order chi connectivity index (χ1) is 14.1. The van der Waals surface area contributed by atoms with E-state index in [1.165, 1.54) is 12.4 Å². The van der Waals surface area contributed by atoms with Gasteiger partial charge in [0.05, 0.1) is 18.4 Å². The molecule has 0 aliphatic rings. The van der Waals surface area contributed by atoms with Gasteiger partial charge in [-0.25, -0.2) is 19.3 Å². The van der Waals surface area contributed by atoms with E-state index in [1.54, 1.807) is 18.5 Å². The number of aromatic nitrogens is 5. The zero-order chi connectivity index (χ0) is 20.0. The number of nitrogen functional groups attached to an aromatic ring is 1. The predicted molar refractivity (Wildman–Crippen MR) is 110 cm³/mol.